The van der Waals surface area contributed by atoms with E-state index in [-0.39, 0.29) is 5.92 Å². The van der Waals surface area contributed by atoms with Gasteiger partial charge in [0.05, 0.1) is 6.42 Å². The van der Waals surface area contributed by atoms with Gasteiger partial charge < -0.3 is 26.6 Å². The second-order valence-electron chi connectivity index (χ2n) is 4.23. The van der Waals surface area contributed by atoms with Crippen molar-refractivity contribution in [3.63, 3.8) is 0 Å². The first-order valence-corrected chi connectivity index (χ1v) is 5.46. The van der Waals surface area contributed by atoms with Crippen LogP contribution in [0.3, 0.4) is 0 Å². The molecular formula is C10H17N3O6. The smallest absolute Gasteiger partial charge is 0.326 e. The second-order valence-corrected chi connectivity index (χ2v) is 4.23. The largest absolute Gasteiger partial charge is 0.481 e. The van der Waals surface area contributed by atoms with Gasteiger partial charge in [0.2, 0.25) is 5.91 Å². The molecule has 0 heterocycles. The Labute approximate surface area is 109 Å². The van der Waals surface area contributed by atoms with E-state index in [1.54, 1.807) is 13.8 Å². The van der Waals surface area contributed by atoms with Crippen LogP contribution in [-0.4, -0.2) is 46.2 Å². The minimum Gasteiger partial charge on any atom is -0.481 e. The minimum absolute atomic E-state index is 0.341. The van der Waals surface area contributed by atoms with Gasteiger partial charge >= 0.3 is 18.0 Å². The quantitative estimate of drug-likeness (QED) is 0.389. The molecule has 3 amide bonds. The Morgan fingerprint density at radius 2 is 1.63 bits per heavy atom. The Kier molecular flexibility index (Phi) is 6.31. The molecule has 0 rings (SSSR count). The van der Waals surface area contributed by atoms with E-state index in [0.29, 0.717) is 0 Å². The summed E-state index contributed by atoms with van der Waals surface area (Å²) in [6.07, 6.45) is -0.761. The molecule has 2 unspecified atom stereocenters. The summed E-state index contributed by atoms with van der Waals surface area (Å²) in [4.78, 5) is 43.8. The highest BCUT2D eigenvalue weighted by Crippen LogP contribution is 2.03. The van der Waals surface area contributed by atoms with E-state index in [4.69, 9.17) is 15.9 Å². The van der Waals surface area contributed by atoms with Crippen molar-refractivity contribution in [1.82, 2.24) is 10.6 Å². The summed E-state index contributed by atoms with van der Waals surface area (Å²) in [5, 5.41) is 21.5. The summed E-state index contributed by atoms with van der Waals surface area (Å²) in [5.41, 5.74) is 4.90. The van der Waals surface area contributed by atoms with Gasteiger partial charge in [-0.1, -0.05) is 13.8 Å². The predicted octanol–water partition coefficient (Wildman–Crippen LogP) is -1.28. The molecule has 0 fully saturated rings. The van der Waals surface area contributed by atoms with Crippen molar-refractivity contribution in [2.45, 2.75) is 32.4 Å². The molecule has 0 saturated carbocycles. The van der Waals surface area contributed by atoms with Gasteiger partial charge in [-0.15, -0.1) is 0 Å². The van der Waals surface area contributed by atoms with Crippen LogP contribution in [0.2, 0.25) is 0 Å². The van der Waals surface area contributed by atoms with Crippen LogP contribution in [0.15, 0.2) is 0 Å². The Morgan fingerprint density at radius 1 is 1.11 bits per heavy atom. The minimum atomic E-state index is -1.57. The van der Waals surface area contributed by atoms with Crippen molar-refractivity contribution >= 4 is 23.9 Å². The standard InChI is InChI=1S/C10H17N3O6/c1-4(2)7(13-10(11)19)8(16)12-5(9(17)18)3-6(14)15/h4-5,7H,3H2,1-2H3,(H,12,16)(H,14,15)(H,17,18)(H3,11,13,19). The third kappa shape index (κ3) is 6.24. The number of amides is 3. The number of nitrogens with two attached hydrogens (primary N) is 1. The highest BCUT2D eigenvalue weighted by molar-refractivity contribution is 5.91. The lowest BCUT2D eigenvalue weighted by molar-refractivity contribution is -0.147. The zero-order valence-electron chi connectivity index (χ0n) is 10.5. The number of nitrogens with one attached hydrogen (secondary N) is 2. The van der Waals surface area contributed by atoms with Crippen molar-refractivity contribution in [3.8, 4) is 0 Å². The monoisotopic (exact) mass is 275 g/mol. The molecule has 0 aromatic carbocycles. The third-order valence-corrected chi connectivity index (χ3v) is 2.24. The molecule has 108 valence electrons. The van der Waals surface area contributed by atoms with Gasteiger partial charge in [-0.25, -0.2) is 9.59 Å². The fraction of sp³-hybridized carbons (Fsp3) is 0.600. The van der Waals surface area contributed by atoms with E-state index in [1.807, 2.05) is 5.32 Å². The molecule has 0 aromatic rings. The fourth-order valence-corrected chi connectivity index (χ4v) is 1.32. The van der Waals surface area contributed by atoms with Crippen LogP contribution in [0, 0.1) is 5.92 Å². The van der Waals surface area contributed by atoms with Crippen LogP contribution in [0.4, 0.5) is 4.79 Å². The number of aliphatic carboxylic acids is 2. The van der Waals surface area contributed by atoms with Crippen LogP contribution in [0.25, 0.3) is 0 Å². The Balaban J connectivity index is 4.80. The highest BCUT2D eigenvalue weighted by Gasteiger charge is 2.29. The number of primary amides is 1. The van der Waals surface area contributed by atoms with Crippen molar-refractivity contribution in [2.24, 2.45) is 11.7 Å². The van der Waals surface area contributed by atoms with Gasteiger partial charge in [-0.3, -0.25) is 9.59 Å². The van der Waals surface area contributed by atoms with Crippen molar-refractivity contribution in [1.29, 1.82) is 0 Å². The molecule has 19 heavy (non-hydrogen) atoms. The molecule has 6 N–H and O–H groups in total. The molecule has 0 aliphatic carbocycles. The molecule has 9 nitrogen and oxygen atoms in total. The van der Waals surface area contributed by atoms with E-state index in [2.05, 4.69) is 5.32 Å². The topological polar surface area (TPSA) is 159 Å². The Morgan fingerprint density at radius 3 is 1.95 bits per heavy atom. The average molecular weight is 275 g/mol. The number of hydrogen-bond acceptors (Lipinski definition) is 4. The molecule has 0 aliphatic heterocycles. The van der Waals surface area contributed by atoms with E-state index >= 15 is 0 Å². The zero-order valence-corrected chi connectivity index (χ0v) is 10.5. The molecule has 0 saturated heterocycles. The van der Waals surface area contributed by atoms with Crippen LogP contribution in [-0.2, 0) is 14.4 Å². The maximum atomic E-state index is 11.8. The number of carboxylic acids is 2. The van der Waals surface area contributed by atoms with E-state index in [0.717, 1.165) is 0 Å². The number of rotatable bonds is 7. The molecular weight excluding hydrogens is 258 g/mol. The molecule has 0 aromatic heterocycles. The Bertz CT molecular complexity index is 381. The maximum Gasteiger partial charge on any atom is 0.326 e. The van der Waals surface area contributed by atoms with Crippen LogP contribution >= 0.6 is 0 Å². The molecule has 0 aliphatic rings. The maximum absolute atomic E-state index is 11.8. The number of urea groups is 1. The molecule has 0 radical (unpaired) electrons. The summed E-state index contributed by atoms with van der Waals surface area (Å²) in [5.74, 6) is -3.98. The normalized spacial score (nSPS) is 13.4. The lowest BCUT2D eigenvalue weighted by atomic mass is 10.0. The van der Waals surface area contributed by atoms with E-state index in [1.165, 1.54) is 0 Å². The molecule has 0 bridgehead atoms. The van der Waals surface area contributed by atoms with Gasteiger partial charge in [0.25, 0.3) is 0 Å². The number of carboxylic acid groups (broad SMARTS) is 2. The van der Waals surface area contributed by atoms with E-state index in [9.17, 15) is 19.2 Å². The van der Waals surface area contributed by atoms with Gasteiger partial charge in [-0.05, 0) is 5.92 Å². The van der Waals surface area contributed by atoms with E-state index < -0.39 is 42.4 Å². The third-order valence-electron chi connectivity index (χ3n) is 2.24. The molecule has 0 spiro atoms. The number of carbonyl (C=O) groups is 4. The first-order chi connectivity index (χ1) is 8.65. The lowest BCUT2D eigenvalue weighted by Gasteiger charge is -2.22. The molecule has 9 heteroatoms. The van der Waals surface area contributed by atoms with Gasteiger partial charge in [0.1, 0.15) is 12.1 Å². The van der Waals surface area contributed by atoms with Crippen molar-refractivity contribution < 1.29 is 29.4 Å². The molecule has 2 atom stereocenters. The van der Waals surface area contributed by atoms with Crippen LogP contribution < -0.4 is 16.4 Å². The summed E-state index contributed by atoms with van der Waals surface area (Å²) in [7, 11) is 0. The van der Waals surface area contributed by atoms with Gasteiger partial charge in [-0.2, -0.15) is 0 Å². The average Bonchev–Trinajstić information content (AvgIpc) is 2.23. The second kappa shape index (κ2) is 7.19. The first kappa shape index (κ1) is 16.7. The van der Waals surface area contributed by atoms with Crippen molar-refractivity contribution in [2.75, 3.05) is 0 Å². The Hall–Kier alpha value is -2.32. The summed E-state index contributed by atoms with van der Waals surface area (Å²) < 4.78 is 0. The fourth-order valence-electron chi connectivity index (χ4n) is 1.32. The number of carbonyl (C=O) groups excluding carboxylic acids is 2. The summed E-state index contributed by atoms with van der Waals surface area (Å²) in [6, 6.07) is -3.53. The first-order valence-electron chi connectivity index (χ1n) is 5.46. The lowest BCUT2D eigenvalue weighted by Crippen LogP contribution is -2.55. The SMILES string of the molecule is CC(C)C(NC(N)=O)C(=O)NC(CC(=O)O)C(=O)O. The van der Waals surface area contributed by atoms with Crippen molar-refractivity contribution in [3.05, 3.63) is 0 Å². The highest BCUT2D eigenvalue weighted by atomic mass is 16.4. The van der Waals surface area contributed by atoms with Gasteiger partial charge in [0.15, 0.2) is 0 Å². The van der Waals surface area contributed by atoms with Crippen LogP contribution in [0.5, 0.6) is 0 Å². The zero-order chi connectivity index (χ0) is 15.2. The summed E-state index contributed by atoms with van der Waals surface area (Å²) >= 11 is 0. The van der Waals surface area contributed by atoms with Gasteiger partial charge in [0, 0.05) is 0 Å². The summed E-state index contributed by atoms with van der Waals surface area (Å²) in [6.45, 7) is 3.24. The number of hydrogen-bond donors (Lipinski definition) is 5. The predicted molar refractivity (Wildman–Crippen MR) is 63.2 cm³/mol. The van der Waals surface area contributed by atoms with Crippen LogP contribution in [0.1, 0.15) is 20.3 Å².